The third kappa shape index (κ3) is 4.13. The Balaban J connectivity index is 1.13. The van der Waals surface area contributed by atoms with Gasteiger partial charge in [0.25, 0.3) is 0 Å². The third-order valence-electron chi connectivity index (χ3n) is 13.2. The Morgan fingerprint density at radius 2 is 0.632 bits per heavy atom. The van der Waals surface area contributed by atoms with Gasteiger partial charge in [-0.3, -0.25) is 0 Å². The number of nitrogens with zero attached hydrogens (tertiary/aromatic N) is 1. The first-order chi connectivity index (χ1) is 27.9. The molecule has 266 valence electrons. The van der Waals surface area contributed by atoms with E-state index in [1.54, 1.807) is 0 Å². The Labute approximate surface area is 330 Å². The molecule has 0 fully saturated rings. The van der Waals surface area contributed by atoms with Crippen LogP contribution in [0.15, 0.2) is 170 Å². The minimum Gasteiger partial charge on any atom is -0.309 e. The maximum absolute atomic E-state index is 2.50. The van der Waals surface area contributed by atoms with E-state index in [1.165, 1.54) is 131 Å². The van der Waals surface area contributed by atoms with Crippen LogP contribution in [0, 0.1) is 0 Å². The summed E-state index contributed by atoms with van der Waals surface area (Å²) < 4.78 is 2.50. The lowest BCUT2D eigenvalue weighted by atomic mass is 9.86. The van der Waals surface area contributed by atoms with Gasteiger partial charge in [0.2, 0.25) is 0 Å². The molecule has 13 rings (SSSR count). The van der Waals surface area contributed by atoms with E-state index in [9.17, 15) is 0 Å². The van der Waals surface area contributed by atoms with Crippen LogP contribution in [-0.2, 0) is 5.41 Å². The number of hydrogen-bond donors (Lipinski definition) is 0. The minimum absolute atomic E-state index is 0.0810. The molecule has 0 bridgehead atoms. The molecule has 0 spiro atoms. The molecule has 57 heavy (non-hydrogen) atoms. The summed E-state index contributed by atoms with van der Waals surface area (Å²) in [5.41, 5.74) is 10.2. The van der Waals surface area contributed by atoms with Gasteiger partial charge >= 0.3 is 0 Å². The van der Waals surface area contributed by atoms with Crippen LogP contribution in [0.1, 0.15) is 26.3 Å². The van der Waals surface area contributed by atoms with Crippen LogP contribution in [0.25, 0.3) is 125 Å². The van der Waals surface area contributed by atoms with Gasteiger partial charge in [-0.1, -0.05) is 166 Å². The molecule has 1 nitrogen and oxygen atoms in total. The van der Waals surface area contributed by atoms with Crippen molar-refractivity contribution in [3.8, 4) is 27.9 Å². The van der Waals surface area contributed by atoms with E-state index in [0.717, 1.165) is 0 Å². The summed E-state index contributed by atoms with van der Waals surface area (Å²) in [4.78, 5) is 0. The van der Waals surface area contributed by atoms with E-state index < -0.39 is 0 Å². The molecule has 0 radical (unpaired) electrons. The lowest BCUT2D eigenvalue weighted by Gasteiger charge is -2.19. The van der Waals surface area contributed by atoms with E-state index in [0.29, 0.717) is 0 Å². The predicted molar refractivity (Wildman–Crippen MR) is 246 cm³/mol. The van der Waals surface area contributed by atoms with Crippen LogP contribution in [0.5, 0.6) is 0 Å². The third-order valence-corrected chi connectivity index (χ3v) is 13.2. The molecule has 1 heterocycles. The maximum Gasteiger partial charge on any atom is 0.0547 e. The second-order valence-electron chi connectivity index (χ2n) is 17.2. The van der Waals surface area contributed by atoms with Crippen molar-refractivity contribution >= 4 is 97.2 Å². The summed E-state index contributed by atoms with van der Waals surface area (Å²) in [5.74, 6) is 0. The summed E-state index contributed by atoms with van der Waals surface area (Å²) in [6.07, 6.45) is 0. The Morgan fingerprint density at radius 3 is 1.05 bits per heavy atom. The van der Waals surface area contributed by atoms with E-state index >= 15 is 0 Å². The molecular weight excluding hydrogens is 687 g/mol. The Kier molecular flexibility index (Phi) is 5.96. The second-order valence-corrected chi connectivity index (χ2v) is 17.2. The van der Waals surface area contributed by atoms with Gasteiger partial charge in [0.05, 0.1) is 11.0 Å². The molecule has 0 unspecified atom stereocenters. The fraction of sp³-hybridized carbons (Fsp3) is 0.0714. The monoisotopic (exact) mass is 723 g/mol. The first kappa shape index (κ1) is 31.3. The summed E-state index contributed by atoms with van der Waals surface area (Å²) in [6.45, 7) is 6.86. The van der Waals surface area contributed by atoms with Gasteiger partial charge in [0.1, 0.15) is 0 Å². The Morgan fingerprint density at radius 1 is 0.298 bits per heavy atom. The predicted octanol–water partition coefficient (Wildman–Crippen LogP) is 15.8. The standard InChI is InChI=1S/C56H37N/c1-56(2,3)38-18-20-39(21-19-38)57-48-30-28-42(40-22-14-36-12-10-32-6-4-8-34-16-24-44(40)52(36)50(32)34)46-26-27-47-43(29-31-49(57)55(47)54(46)48)41-23-15-37-13-11-33-7-5-9-35-17-25-45(41)53(37)51(33)35/h4-31H,1-3H3. The van der Waals surface area contributed by atoms with Crippen LogP contribution in [0.3, 0.4) is 0 Å². The van der Waals surface area contributed by atoms with Crippen molar-refractivity contribution in [2.24, 2.45) is 0 Å². The van der Waals surface area contributed by atoms with Gasteiger partial charge < -0.3 is 4.57 Å². The number of rotatable bonds is 3. The molecule has 0 amide bonds. The zero-order valence-electron chi connectivity index (χ0n) is 32.1. The molecular formula is C56H37N. The van der Waals surface area contributed by atoms with Gasteiger partial charge in [0.15, 0.2) is 0 Å². The summed E-state index contributed by atoms with van der Waals surface area (Å²) in [7, 11) is 0. The van der Waals surface area contributed by atoms with Gasteiger partial charge in [-0.2, -0.15) is 0 Å². The van der Waals surface area contributed by atoms with Crippen molar-refractivity contribution in [1.82, 2.24) is 4.57 Å². The molecule has 1 aromatic heterocycles. The fourth-order valence-electron chi connectivity index (χ4n) is 10.6. The van der Waals surface area contributed by atoms with Crippen molar-refractivity contribution in [2.45, 2.75) is 26.2 Å². The van der Waals surface area contributed by atoms with Gasteiger partial charge in [-0.15, -0.1) is 0 Å². The largest absolute Gasteiger partial charge is 0.309 e. The number of aromatic nitrogens is 1. The van der Waals surface area contributed by atoms with Crippen molar-refractivity contribution in [3.63, 3.8) is 0 Å². The number of hydrogen-bond acceptors (Lipinski definition) is 0. The molecule has 13 aromatic rings. The Hall–Kier alpha value is -6.96. The highest BCUT2D eigenvalue weighted by Crippen LogP contribution is 2.49. The molecule has 0 saturated heterocycles. The van der Waals surface area contributed by atoms with Gasteiger partial charge in [0, 0.05) is 16.5 Å². The first-order valence-electron chi connectivity index (χ1n) is 20.2. The lowest BCUT2D eigenvalue weighted by Crippen LogP contribution is -2.10. The Bertz CT molecular complexity index is 3510. The van der Waals surface area contributed by atoms with Crippen LogP contribution >= 0.6 is 0 Å². The quantitative estimate of drug-likeness (QED) is 0.160. The molecule has 0 saturated carbocycles. The van der Waals surface area contributed by atoms with Crippen LogP contribution in [0.2, 0.25) is 0 Å². The number of benzene rings is 12. The molecule has 0 aliphatic heterocycles. The van der Waals surface area contributed by atoms with E-state index in [1.807, 2.05) is 0 Å². The highest BCUT2D eigenvalue weighted by atomic mass is 15.0. The first-order valence-corrected chi connectivity index (χ1v) is 20.2. The average molecular weight is 724 g/mol. The maximum atomic E-state index is 2.50. The van der Waals surface area contributed by atoms with E-state index in [4.69, 9.17) is 0 Å². The van der Waals surface area contributed by atoms with Crippen LogP contribution < -0.4 is 0 Å². The molecule has 0 aliphatic rings. The summed E-state index contributed by atoms with van der Waals surface area (Å²) in [5, 5.41) is 21.0. The van der Waals surface area contributed by atoms with Crippen molar-refractivity contribution in [3.05, 3.63) is 175 Å². The van der Waals surface area contributed by atoms with Crippen molar-refractivity contribution in [2.75, 3.05) is 0 Å². The van der Waals surface area contributed by atoms with Gasteiger partial charge in [-0.25, -0.2) is 0 Å². The molecule has 0 atom stereocenters. The highest BCUT2D eigenvalue weighted by Gasteiger charge is 2.24. The van der Waals surface area contributed by atoms with Crippen molar-refractivity contribution < 1.29 is 0 Å². The fourth-order valence-corrected chi connectivity index (χ4v) is 10.6. The SMILES string of the molecule is CC(C)(C)c1ccc(-n2c3ccc(-c4ccc5ccc6cccc7ccc4c5c67)c4ccc5c(-c6ccc7ccc8cccc9ccc6c7c89)ccc2c5c43)cc1. The normalized spacial score (nSPS) is 12.8. The molecule has 0 N–H and O–H groups in total. The second kappa shape index (κ2) is 10.9. The summed E-state index contributed by atoms with van der Waals surface area (Å²) >= 11 is 0. The van der Waals surface area contributed by atoms with Crippen molar-refractivity contribution in [1.29, 1.82) is 0 Å². The smallest absolute Gasteiger partial charge is 0.0547 e. The topological polar surface area (TPSA) is 4.93 Å². The zero-order chi connectivity index (χ0) is 37.7. The molecule has 0 aliphatic carbocycles. The zero-order valence-corrected chi connectivity index (χ0v) is 32.1. The molecule has 12 aromatic carbocycles. The van der Waals surface area contributed by atoms with E-state index in [2.05, 4.69) is 195 Å². The minimum atomic E-state index is 0.0810. The molecule has 1 heteroatoms. The van der Waals surface area contributed by atoms with Crippen LogP contribution in [0.4, 0.5) is 0 Å². The highest BCUT2D eigenvalue weighted by molar-refractivity contribution is 6.32. The lowest BCUT2D eigenvalue weighted by molar-refractivity contribution is 0.590. The van der Waals surface area contributed by atoms with E-state index in [-0.39, 0.29) is 5.41 Å². The average Bonchev–Trinajstić information content (AvgIpc) is 3.59. The van der Waals surface area contributed by atoms with Crippen LogP contribution in [-0.4, -0.2) is 4.57 Å². The summed E-state index contributed by atoms with van der Waals surface area (Å²) in [6, 6.07) is 64.7. The van der Waals surface area contributed by atoms with Gasteiger partial charge in [-0.05, 0) is 133 Å².